The van der Waals surface area contributed by atoms with Gasteiger partial charge in [0.1, 0.15) is 0 Å². The zero-order valence-corrected chi connectivity index (χ0v) is 9.15. The molecular weight excluding hydrogens is 200 g/mol. The molecule has 0 aromatic heterocycles. The summed E-state index contributed by atoms with van der Waals surface area (Å²) in [5.41, 5.74) is 1.35. The van der Waals surface area contributed by atoms with E-state index in [4.69, 9.17) is 0 Å². The maximum Gasteiger partial charge on any atom is 0.0375 e. The minimum absolute atomic E-state index is 0.549. The number of benzene rings is 1. The molecule has 0 nitrogen and oxygen atoms in total. The standard InChI is InChI=1S/C14H12S/c1-3-7-13-11(5-1)9-10-12-6-2-4-8-14(12)15-13/h1-11,13H. The van der Waals surface area contributed by atoms with Crippen LogP contribution in [0.25, 0.3) is 6.08 Å². The Labute approximate surface area is 94.4 Å². The summed E-state index contributed by atoms with van der Waals surface area (Å²) in [5, 5.41) is 0.565. The Hall–Kier alpha value is -1.21. The molecule has 0 saturated carbocycles. The van der Waals surface area contributed by atoms with Gasteiger partial charge in [-0.25, -0.2) is 0 Å². The molecule has 2 atom stereocenters. The van der Waals surface area contributed by atoms with Crippen LogP contribution >= 0.6 is 11.8 Å². The minimum Gasteiger partial charge on any atom is -0.117 e. The van der Waals surface area contributed by atoms with E-state index in [1.54, 1.807) is 0 Å². The smallest absolute Gasteiger partial charge is 0.0375 e. The van der Waals surface area contributed by atoms with Gasteiger partial charge in [-0.15, -0.1) is 11.8 Å². The van der Waals surface area contributed by atoms with Gasteiger partial charge in [0.25, 0.3) is 0 Å². The summed E-state index contributed by atoms with van der Waals surface area (Å²) in [6.45, 7) is 0. The molecule has 3 rings (SSSR count). The van der Waals surface area contributed by atoms with E-state index < -0.39 is 0 Å². The van der Waals surface area contributed by atoms with Crippen LogP contribution in [0.1, 0.15) is 5.56 Å². The summed E-state index contributed by atoms with van der Waals surface area (Å²) in [6, 6.07) is 8.61. The molecular formula is C14H12S. The van der Waals surface area contributed by atoms with Gasteiger partial charge in [0.2, 0.25) is 0 Å². The van der Waals surface area contributed by atoms with E-state index in [-0.39, 0.29) is 0 Å². The molecule has 0 amide bonds. The van der Waals surface area contributed by atoms with Gasteiger partial charge in [0.05, 0.1) is 0 Å². The largest absolute Gasteiger partial charge is 0.117 e. The predicted molar refractivity (Wildman–Crippen MR) is 66.9 cm³/mol. The van der Waals surface area contributed by atoms with Crippen LogP contribution in [0.4, 0.5) is 0 Å². The number of hydrogen-bond donors (Lipinski definition) is 0. The van der Waals surface area contributed by atoms with E-state index in [9.17, 15) is 0 Å². The molecule has 15 heavy (non-hydrogen) atoms. The Balaban J connectivity index is 2.04. The first-order chi connectivity index (χ1) is 7.43. The van der Waals surface area contributed by atoms with Crippen LogP contribution in [0.5, 0.6) is 0 Å². The van der Waals surface area contributed by atoms with Crippen molar-refractivity contribution < 1.29 is 0 Å². The normalized spacial score (nSPS) is 26.9. The molecule has 0 spiro atoms. The molecule has 1 heterocycles. The molecule has 0 fully saturated rings. The van der Waals surface area contributed by atoms with Crippen molar-refractivity contribution >= 4 is 17.8 Å². The third-order valence-corrected chi connectivity index (χ3v) is 4.17. The number of hydrogen-bond acceptors (Lipinski definition) is 1. The van der Waals surface area contributed by atoms with Crippen LogP contribution in [0, 0.1) is 5.92 Å². The van der Waals surface area contributed by atoms with Gasteiger partial charge in [-0.3, -0.25) is 0 Å². The maximum atomic E-state index is 2.31. The molecule has 0 saturated heterocycles. The lowest BCUT2D eigenvalue weighted by Gasteiger charge is -2.19. The van der Waals surface area contributed by atoms with E-state index in [0.29, 0.717) is 11.2 Å². The highest BCUT2D eigenvalue weighted by Gasteiger charge is 2.20. The molecule has 2 aliphatic rings. The molecule has 1 aromatic rings. The van der Waals surface area contributed by atoms with E-state index in [0.717, 1.165) is 0 Å². The van der Waals surface area contributed by atoms with Gasteiger partial charge in [0, 0.05) is 16.1 Å². The van der Waals surface area contributed by atoms with Gasteiger partial charge in [0.15, 0.2) is 0 Å². The van der Waals surface area contributed by atoms with Crippen LogP contribution in [-0.2, 0) is 0 Å². The first-order valence-electron chi connectivity index (χ1n) is 5.22. The van der Waals surface area contributed by atoms with Gasteiger partial charge in [-0.2, -0.15) is 0 Å². The monoisotopic (exact) mass is 212 g/mol. The lowest BCUT2D eigenvalue weighted by atomic mass is 9.99. The summed E-state index contributed by atoms with van der Waals surface area (Å²) in [7, 11) is 0. The molecule has 0 N–H and O–H groups in total. The van der Waals surface area contributed by atoms with Gasteiger partial charge in [-0.05, 0) is 11.6 Å². The minimum atomic E-state index is 0.549. The Kier molecular flexibility index (Phi) is 2.26. The quantitative estimate of drug-likeness (QED) is 0.628. The van der Waals surface area contributed by atoms with Crippen molar-refractivity contribution in [2.24, 2.45) is 5.92 Å². The molecule has 0 radical (unpaired) electrons. The predicted octanol–water partition coefficient (Wildman–Crippen LogP) is 3.92. The van der Waals surface area contributed by atoms with E-state index >= 15 is 0 Å². The average molecular weight is 212 g/mol. The Morgan fingerprint density at radius 2 is 1.80 bits per heavy atom. The number of rotatable bonds is 0. The second kappa shape index (κ2) is 3.74. The van der Waals surface area contributed by atoms with Crippen LogP contribution in [0.3, 0.4) is 0 Å². The number of allylic oxidation sites excluding steroid dienone is 4. The second-order valence-electron chi connectivity index (χ2n) is 3.83. The maximum absolute atomic E-state index is 2.31. The van der Waals surface area contributed by atoms with Crippen molar-refractivity contribution in [1.82, 2.24) is 0 Å². The van der Waals surface area contributed by atoms with Crippen LogP contribution in [0.15, 0.2) is 59.5 Å². The summed E-state index contributed by atoms with van der Waals surface area (Å²) >= 11 is 1.96. The summed E-state index contributed by atoms with van der Waals surface area (Å²) in [6.07, 6.45) is 13.4. The highest BCUT2D eigenvalue weighted by Crippen LogP contribution is 2.37. The third-order valence-electron chi connectivity index (χ3n) is 2.80. The molecule has 1 aromatic carbocycles. The molecule has 1 aliphatic heterocycles. The highest BCUT2D eigenvalue weighted by atomic mass is 32.2. The fourth-order valence-corrected chi connectivity index (χ4v) is 3.21. The average Bonchev–Trinajstić information content (AvgIpc) is 2.48. The van der Waals surface area contributed by atoms with Crippen molar-refractivity contribution in [2.75, 3.05) is 0 Å². The van der Waals surface area contributed by atoms with Crippen molar-refractivity contribution in [3.05, 3.63) is 60.2 Å². The van der Waals surface area contributed by atoms with Crippen molar-refractivity contribution in [3.8, 4) is 0 Å². The first kappa shape index (κ1) is 9.05. The lowest BCUT2D eigenvalue weighted by molar-refractivity contribution is 0.846. The second-order valence-corrected chi connectivity index (χ2v) is 5.05. The molecule has 2 unspecified atom stereocenters. The highest BCUT2D eigenvalue weighted by molar-refractivity contribution is 8.00. The fraction of sp³-hybridized carbons (Fsp3) is 0.143. The zero-order chi connectivity index (χ0) is 10.1. The van der Waals surface area contributed by atoms with Crippen LogP contribution < -0.4 is 0 Å². The topological polar surface area (TPSA) is 0 Å². The van der Waals surface area contributed by atoms with E-state index in [2.05, 4.69) is 60.7 Å². The summed E-state index contributed by atoms with van der Waals surface area (Å²) < 4.78 is 0. The molecule has 1 aliphatic carbocycles. The number of thioether (sulfide) groups is 1. The van der Waals surface area contributed by atoms with Crippen LogP contribution in [0.2, 0.25) is 0 Å². The lowest BCUT2D eigenvalue weighted by Crippen LogP contribution is -2.11. The Bertz CT molecular complexity index is 454. The molecule has 0 bridgehead atoms. The third kappa shape index (κ3) is 1.68. The Morgan fingerprint density at radius 3 is 2.80 bits per heavy atom. The van der Waals surface area contributed by atoms with Gasteiger partial charge >= 0.3 is 0 Å². The first-order valence-corrected chi connectivity index (χ1v) is 6.10. The fourth-order valence-electron chi connectivity index (χ4n) is 1.98. The zero-order valence-electron chi connectivity index (χ0n) is 8.34. The molecule has 1 heteroatoms. The summed E-state index contributed by atoms with van der Waals surface area (Å²) in [5.74, 6) is 0.549. The summed E-state index contributed by atoms with van der Waals surface area (Å²) in [4.78, 5) is 1.39. The van der Waals surface area contributed by atoms with E-state index in [1.807, 2.05) is 11.8 Å². The molecule has 74 valence electrons. The van der Waals surface area contributed by atoms with Crippen molar-refractivity contribution in [3.63, 3.8) is 0 Å². The SMILES string of the molecule is C1=CC2C=Cc3ccccc3SC2C=C1. The van der Waals surface area contributed by atoms with Gasteiger partial charge < -0.3 is 0 Å². The van der Waals surface area contributed by atoms with Crippen LogP contribution in [-0.4, -0.2) is 5.25 Å². The number of fused-ring (bicyclic) bond motifs is 2. The van der Waals surface area contributed by atoms with Gasteiger partial charge in [-0.1, -0.05) is 54.7 Å². The van der Waals surface area contributed by atoms with Crippen molar-refractivity contribution in [2.45, 2.75) is 10.1 Å². The van der Waals surface area contributed by atoms with Crippen molar-refractivity contribution in [1.29, 1.82) is 0 Å². The Morgan fingerprint density at radius 1 is 0.933 bits per heavy atom. The van der Waals surface area contributed by atoms with E-state index in [1.165, 1.54) is 10.5 Å².